The molecule has 1 fully saturated rings. The third kappa shape index (κ3) is 4.12. The molecule has 7 heteroatoms. The smallest absolute Gasteiger partial charge is 0.315 e. The van der Waals surface area contributed by atoms with Gasteiger partial charge in [0.05, 0.1) is 6.54 Å². The van der Waals surface area contributed by atoms with Gasteiger partial charge in [-0.15, -0.1) is 0 Å². The van der Waals surface area contributed by atoms with E-state index >= 15 is 0 Å². The topological polar surface area (TPSA) is 80.0 Å². The van der Waals surface area contributed by atoms with Crippen LogP contribution in [-0.2, 0) is 6.54 Å². The standard InChI is InChI=1S/C12H20N4O2S/c1-8-14-11(16-18-8)7-13-12(17)15-9-5-3-4-6-10(9)19-2/h9-10H,3-7H2,1-2H3,(H2,13,15,17)/t9-,10+/m0/s1. The Labute approximate surface area is 117 Å². The first-order chi connectivity index (χ1) is 9.19. The molecule has 2 amide bonds. The number of hydrogen-bond donors (Lipinski definition) is 2. The van der Waals surface area contributed by atoms with Gasteiger partial charge in [0.25, 0.3) is 0 Å². The molecule has 0 unspecified atom stereocenters. The number of nitrogens with zero attached hydrogens (tertiary/aromatic N) is 2. The van der Waals surface area contributed by atoms with Crippen LogP contribution in [0.3, 0.4) is 0 Å². The zero-order chi connectivity index (χ0) is 13.7. The fraction of sp³-hybridized carbons (Fsp3) is 0.750. The summed E-state index contributed by atoms with van der Waals surface area (Å²) in [5.74, 6) is 1.00. The van der Waals surface area contributed by atoms with Gasteiger partial charge >= 0.3 is 6.03 Å². The molecule has 1 aromatic rings. The van der Waals surface area contributed by atoms with Gasteiger partial charge in [-0.05, 0) is 19.1 Å². The Bertz CT molecular complexity index is 424. The Morgan fingerprint density at radius 2 is 2.26 bits per heavy atom. The number of aryl methyl sites for hydroxylation is 1. The highest BCUT2D eigenvalue weighted by atomic mass is 32.2. The SMILES string of the molecule is CS[C@@H]1CCCC[C@@H]1NC(=O)NCc1noc(C)n1. The quantitative estimate of drug-likeness (QED) is 0.882. The largest absolute Gasteiger partial charge is 0.340 e. The van der Waals surface area contributed by atoms with Crippen molar-refractivity contribution in [2.24, 2.45) is 0 Å². The van der Waals surface area contributed by atoms with Gasteiger partial charge in [-0.3, -0.25) is 0 Å². The van der Waals surface area contributed by atoms with E-state index in [0.29, 0.717) is 23.5 Å². The maximum absolute atomic E-state index is 11.8. The van der Waals surface area contributed by atoms with Crippen LogP contribution < -0.4 is 10.6 Å². The predicted octanol–water partition coefficient (Wildman–Crippen LogP) is 1.85. The van der Waals surface area contributed by atoms with Crippen LogP contribution in [0.2, 0.25) is 0 Å². The van der Waals surface area contributed by atoms with Gasteiger partial charge in [0.15, 0.2) is 5.82 Å². The number of amides is 2. The maximum Gasteiger partial charge on any atom is 0.315 e. The molecule has 1 saturated carbocycles. The van der Waals surface area contributed by atoms with Crippen molar-refractivity contribution < 1.29 is 9.32 Å². The number of aromatic nitrogens is 2. The molecule has 0 saturated heterocycles. The summed E-state index contributed by atoms with van der Waals surface area (Å²) >= 11 is 1.83. The molecule has 2 atom stereocenters. The normalized spacial score (nSPS) is 23.1. The number of urea groups is 1. The van der Waals surface area contributed by atoms with Gasteiger partial charge in [0, 0.05) is 18.2 Å². The third-order valence-electron chi connectivity index (χ3n) is 3.30. The second-order valence-corrected chi connectivity index (χ2v) is 5.80. The maximum atomic E-state index is 11.8. The molecule has 1 heterocycles. The number of hydrogen-bond acceptors (Lipinski definition) is 5. The second-order valence-electron chi connectivity index (χ2n) is 4.72. The van der Waals surface area contributed by atoms with Crippen molar-refractivity contribution >= 4 is 17.8 Å². The molecule has 19 heavy (non-hydrogen) atoms. The summed E-state index contributed by atoms with van der Waals surface area (Å²) in [4.78, 5) is 15.9. The molecular weight excluding hydrogens is 264 g/mol. The van der Waals surface area contributed by atoms with Gasteiger partial charge in [-0.2, -0.15) is 16.7 Å². The van der Waals surface area contributed by atoms with Crippen LogP contribution in [0.25, 0.3) is 0 Å². The molecule has 0 radical (unpaired) electrons. The lowest BCUT2D eigenvalue weighted by molar-refractivity contribution is 0.232. The zero-order valence-corrected chi connectivity index (χ0v) is 12.1. The monoisotopic (exact) mass is 284 g/mol. The number of nitrogens with one attached hydrogen (secondary N) is 2. The van der Waals surface area contributed by atoms with Crippen LogP contribution in [0.4, 0.5) is 4.79 Å². The van der Waals surface area contributed by atoms with Gasteiger partial charge in [-0.1, -0.05) is 18.0 Å². The first kappa shape index (κ1) is 14.2. The fourth-order valence-electron chi connectivity index (χ4n) is 2.34. The van der Waals surface area contributed by atoms with E-state index < -0.39 is 0 Å². The minimum atomic E-state index is -0.159. The van der Waals surface area contributed by atoms with Crippen molar-refractivity contribution in [2.45, 2.75) is 50.4 Å². The Hall–Kier alpha value is -1.24. The van der Waals surface area contributed by atoms with E-state index in [0.717, 1.165) is 6.42 Å². The summed E-state index contributed by atoms with van der Waals surface area (Å²) in [7, 11) is 0. The highest BCUT2D eigenvalue weighted by Gasteiger charge is 2.25. The summed E-state index contributed by atoms with van der Waals surface area (Å²) in [5.41, 5.74) is 0. The Morgan fingerprint density at radius 1 is 1.47 bits per heavy atom. The van der Waals surface area contributed by atoms with E-state index in [1.165, 1.54) is 19.3 Å². The molecule has 1 aliphatic carbocycles. The van der Waals surface area contributed by atoms with E-state index in [-0.39, 0.29) is 12.1 Å². The van der Waals surface area contributed by atoms with Crippen molar-refractivity contribution in [1.29, 1.82) is 0 Å². The molecule has 0 spiro atoms. The molecule has 0 aromatic carbocycles. The minimum Gasteiger partial charge on any atom is -0.340 e. The summed E-state index contributed by atoms with van der Waals surface area (Å²) < 4.78 is 4.85. The predicted molar refractivity (Wildman–Crippen MR) is 74.0 cm³/mol. The lowest BCUT2D eigenvalue weighted by atomic mass is 9.95. The molecule has 2 N–H and O–H groups in total. The summed E-state index contributed by atoms with van der Waals surface area (Å²) in [6, 6.07) is 0.101. The van der Waals surface area contributed by atoms with E-state index in [2.05, 4.69) is 27.0 Å². The summed E-state index contributed by atoms with van der Waals surface area (Å²) in [6.45, 7) is 2.02. The Morgan fingerprint density at radius 3 is 2.95 bits per heavy atom. The Kier molecular flexibility index (Phi) is 5.07. The molecule has 0 bridgehead atoms. The van der Waals surface area contributed by atoms with E-state index in [1.807, 2.05) is 11.8 Å². The van der Waals surface area contributed by atoms with E-state index in [1.54, 1.807) is 6.92 Å². The van der Waals surface area contributed by atoms with Crippen molar-refractivity contribution in [3.63, 3.8) is 0 Å². The van der Waals surface area contributed by atoms with Gasteiger partial charge in [-0.25, -0.2) is 4.79 Å². The molecule has 6 nitrogen and oxygen atoms in total. The van der Waals surface area contributed by atoms with E-state index in [4.69, 9.17) is 4.52 Å². The van der Waals surface area contributed by atoms with Crippen molar-refractivity contribution in [1.82, 2.24) is 20.8 Å². The van der Waals surface area contributed by atoms with Gasteiger partial charge in [0.1, 0.15) is 0 Å². The van der Waals surface area contributed by atoms with E-state index in [9.17, 15) is 4.79 Å². The first-order valence-electron chi connectivity index (χ1n) is 6.55. The number of rotatable bonds is 4. The minimum absolute atomic E-state index is 0.159. The number of carbonyl (C=O) groups excluding carboxylic acids is 1. The van der Waals surface area contributed by atoms with Crippen LogP contribution in [0, 0.1) is 6.92 Å². The fourth-order valence-corrected chi connectivity index (χ4v) is 3.27. The molecule has 1 aliphatic rings. The molecular formula is C12H20N4O2S. The molecule has 1 aromatic heterocycles. The number of thioether (sulfide) groups is 1. The van der Waals surface area contributed by atoms with Crippen molar-refractivity contribution in [3.05, 3.63) is 11.7 Å². The third-order valence-corrected chi connectivity index (χ3v) is 4.47. The average Bonchev–Trinajstić information content (AvgIpc) is 2.83. The number of carbonyl (C=O) groups is 1. The van der Waals surface area contributed by atoms with Crippen LogP contribution in [0.1, 0.15) is 37.4 Å². The lowest BCUT2D eigenvalue weighted by Gasteiger charge is -2.30. The van der Waals surface area contributed by atoms with Gasteiger partial charge in [0.2, 0.25) is 5.89 Å². The Balaban J connectivity index is 1.77. The van der Waals surface area contributed by atoms with Crippen LogP contribution in [-0.4, -0.2) is 33.7 Å². The highest BCUT2D eigenvalue weighted by molar-refractivity contribution is 7.99. The lowest BCUT2D eigenvalue weighted by Crippen LogP contribution is -2.47. The van der Waals surface area contributed by atoms with Crippen molar-refractivity contribution in [2.75, 3.05) is 6.26 Å². The average molecular weight is 284 g/mol. The highest BCUT2D eigenvalue weighted by Crippen LogP contribution is 2.26. The molecule has 0 aliphatic heterocycles. The van der Waals surface area contributed by atoms with Gasteiger partial charge < -0.3 is 15.2 Å². The van der Waals surface area contributed by atoms with Crippen LogP contribution >= 0.6 is 11.8 Å². The van der Waals surface area contributed by atoms with Crippen LogP contribution in [0.15, 0.2) is 4.52 Å². The molecule has 106 valence electrons. The second kappa shape index (κ2) is 6.79. The first-order valence-corrected chi connectivity index (χ1v) is 7.84. The van der Waals surface area contributed by atoms with Crippen molar-refractivity contribution in [3.8, 4) is 0 Å². The summed E-state index contributed by atoms with van der Waals surface area (Å²) in [6.07, 6.45) is 6.78. The van der Waals surface area contributed by atoms with Crippen LogP contribution in [0.5, 0.6) is 0 Å². The zero-order valence-electron chi connectivity index (χ0n) is 11.3. The summed E-state index contributed by atoms with van der Waals surface area (Å²) in [5, 5.41) is 10.1. The molecule has 2 rings (SSSR count).